The molecule has 2 aromatic heterocycles. The number of nitrogens with zero attached hydrogens (tertiary/aromatic N) is 3. The normalized spacial score (nSPS) is 15.1. The van der Waals surface area contributed by atoms with Crippen LogP contribution >= 0.6 is 0 Å². The molecule has 176 valence electrons. The number of fused-ring (bicyclic) bond motifs is 1. The number of aromatic nitrogens is 3. The molecule has 1 amide bonds. The Balaban J connectivity index is 1.24. The Kier molecular flexibility index (Phi) is 6.50. The maximum absolute atomic E-state index is 12.7. The van der Waals surface area contributed by atoms with E-state index in [0.29, 0.717) is 6.54 Å². The number of para-hydroxylation sites is 1. The van der Waals surface area contributed by atoms with E-state index in [-0.39, 0.29) is 11.8 Å². The Morgan fingerprint density at radius 3 is 2.56 bits per heavy atom. The summed E-state index contributed by atoms with van der Waals surface area (Å²) >= 11 is 0. The lowest BCUT2D eigenvalue weighted by molar-refractivity contribution is -0.126. The standard InChI is InChI=1S/C28H33N5O/c1-20-7-3-4-9-24(20)18-33-26(15-23-8-5-6-10-27(23)33)19-32-13-11-22(12-14-32)28(34)29-16-25-17-30-31-21(25)2/h3-10,15,17,22H,11-14,16,18-19H2,1-2H3,(H,29,34)(H,30,31). The first-order valence-electron chi connectivity index (χ1n) is 12.2. The van der Waals surface area contributed by atoms with E-state index < -0.39 is 0 Å². The third-order valence-corrected chi connectivity index (χ3v) is 7.22. The molecule has 0 spiro atoms. The van der Waals surface area contributed by atoms with Crippen molar-refractivity contribution in [1.29, 1.82) is 0 Å². The number of benzene rings is 2. The number of hydrogen-bond acceptors (Lipinski definition) is 3. The number of nitrogens with one attached hydrogen (secondary N) is 2. The molecular formula is C28H33N5O. The van der Waals surface area contributed by atoms with E-state index in [1.54, 1.807) is 6.20 Å². The lowest BCUT2D eigenvalue weighted by Gasteiger charge is -2.31. The van der Waals surface area contributed by atoms with Crippen LogP contribution in [-0.2, 0) is 24.4 Å². The SMILES string of the molecule is Cc1ccccc1Cn1c(CN2CCC(C(=O)NCc3cn[nH]c3C)CC2)cc2ccccc21. The molecule has 0 bridgehead atoms. The fourth-order valence-electron chi connectivity index (χ4n) is 5.01. The summed E-state index contributed by atoms with van der Waals surface area (Å²) in [5.41, 5.74) is 7.35. The number of rotatable bonds is 7. The third kappa shape index (κ3) is 4.77. The molecule has 6 nitrogen and oxygen atoms in total. The predicted molar refractivity (Wildman–Crippen MR) is 135 cm³/mol. The lowest BCUT2D eigenvalue weighted by Crippen LogP contribution is -2.40. The Morgan fingerprint density at radius 1 is 1.03 bits per heavy atom. The zero-order valence-electron chi connectivity index (χ0n) is 20.1. The second-order valence-corrected chi connectivity index (χ2v) is 9.50. The summed E-state index contributed by atoms with van der Waals surface area (Å²) in [4.78, 5) is 15.2. The Hall–Kier alpha value is -3.38. The summed E-state index contributed by atoms with van der Waals surface area (Å²) in [6, 6.07) is 19.6. The molecule has 2 aromatic carbocycles. The number of piperidine rings is 1. The molecule has 0 unspecified atom stereocenters. The van der Waals surface area contributed by atoms with E-state index in [2.05, 4.69) is 86.5 Å². The van der Waals surface area contributed by atoms with Gasteiger partial charge in [-0.1, -0.05) is 42.5 Å². The van der Waals surface area contributed by atoms with Gasteiger partial charge < -0.3 is 9.88 Å². The first-order valence-corrected chi connectivity index (χ1v) is 12.2. The largest absolute Gasteiger partial charge is 0.352 e. The zero-order valence-corrected chi connectivity index (χ0v) is 20.1. The minimum absolute atomic E-state index is 0.0845. The third-order valence-electron chi connectivity index (χ3n) is 7.22. The van der Waals surface area contributed by atoms with Gasteiger partial charge in [0.25, 0.3) is 0 Å². The fraction of sp³-hybridized carbons (Fsp3) is 0.357. The monoisotopic (exact) mass is 455 g/mol. The molecule has 6 heteroatoms. The Labute approximate surface area is 201 Å². The van der Waals surface area contributed by atoms with Crippen LogP contribution in [0.25, 0.3) is 10.9 Å². The average Bonchev–Trinajstić information content (AvgIpc) is 3.42. The Bertz CT molecular complexity index is 1280. The smallest absolute Gasteiger partial charge is 0.223 e. The van der Waals surface area contributed by atoms with Gasteiger partial charge in [0.2, 0.25) is 5.91 Å². The second kappa shape index (κ2) is 9.85. The summed E-state index contributed by atoms with van der Waals surface area (Å²) in [6.45, 7) is 8.37. The summed E-state index contributed by atoms with van der Waals surface area (Å²) in [5.74, 6) is 0.246. The zero-order chi connectivity index (χ0) is 23.5. The van der Waals surface area contributed by atoms with Crippen LogP contribution in [0, 0.1) is 19.8 Å². The highest BCUT2D eigenvalue weighted by molar-refractivity contribution is 5.81. The van der Waals surface area contributed by atoms with Crippen LogP contribution in [-0.4, -0.2) is 38.7 Å². The molecule has 1 aliphatic rings. The van der Waals surface area contributed by atoms with Gasteiger partial charge in [0.1, 0.15) is 0 Å². The van der Waals surface area contributed by atoms with Gasteiger partial charge in [0.05, 0.1) is 6.20 Å². The predicted octanol–water partition coefficient (Wildman–Crippen LogP) is 4.56. The van der Waals surface area contributed by atoms with Crippen molar-refractivity contribution in [2.75, 3.05) is 13.1 Å². The van der Waals surface area contributed by atoms with E-state index in [9.17, 15) is 4.79 Å². The lowest BCUT2D eigenvalue weighted by atomic mass is 9.95. The van der Waals surface area contributed by atoms with Gasteiger partial charge in [-0.15, -0.1) is 0 Å². The van der Waals surface area contributed by atoms with Crippen LogP contribution in [0.3, 0.4) is 0 Å². The number of aromatic amines is 1. The van der Waals surface area contributed by atoms with E-state index in [0.717, 1.165) is 50.3 Å². The number of amides is 1. The van der Waals surface area contributed by atoms with Crippen molar-refractivity contribution in [3.63, 3.8) is 0 Å². The van der Waals surface area contributed by atoms with Crippen LogP contribution in [0.5, 0.6) is 0 Å². The molecular weight excluding hydrogens is 422 g/mol. The molecule has 0 saturated carbocycles. The topological polar surface area (TPSA) is 66.0 Å². The summed E-state index contributed by atoms with van der Waals surface area (Å²) in [7, 11) is 0. The summed E-state index contributed by atoms with van der Waals surface area (Å²) < 4.78 is 2.46. The van der Waals surface area contributed by atoms with Crippen molar-refractivity contribution in [3.8, 4) is 0 Å². The fourth-order valence-corrected chi connectivity index (χ4v) is 5.01. The van der Waals surface area contributed by atoms with E-state index in [1.165, 1.54) is 27.7 Å². The van der Waals surface area contributed by atoms with E-state index in [4.69, 9.17) is 0 Å². The number of H-pyrrole nitrogens is 1. The van der Waals surface area contributed by atoms with Gasteiger partial charge in [-0.3, -0.25) is 14.8 Å². The highest BCUT2D eigenvalue weighted by atomic mass is 16.1. The van der Waals surface area contributed by atoms with Crippen molar-refractivity contribution < 1.29 is 4.79 Å². The number of carbonyl (C=O) groups is 1. The van der Waals surface area contributed by atoms with Gasteiger partial charge >= 0.3 is 0 Å². The molecule has 1 fully saturated rings. The van der Waals surface area contributed by atoms with Crippen molar-refractivity contribution >= 4 is 16.8 Å². The van der Waals surface area contributed by atoms with Crippen LogP contribution in [0.2, 0.25) is 0 Å². The number of aryl methyl sites for hydroxylation is 2. The molecule has 1 saturated heterocycles. The molecule has 34 heavy (non-hydrogen) atoms. The van der Waals surface area contributed by atoms with Crippen LogP contribution in [0.15, 0.2) is 60.8 Å². The van der Waals surface area contributed by atoms with Gasteiger partial charge in [0.15, 0.2) is 0 Å². The van der Waals surface area contributed by atoms with Crippen molar-refractivity contribution in [2.45, 2.75) is 46.3 Å². The van der Waals surface area contributed by atoms with Crippen LogP contribution in [0.4, 0.5) is 0 Å². The molecule has 4 aromatic rings. The number of carbonyl (C=O) groups excluding carboxylic acids is 1. The first-order chi connectivity index (χ1) is 16.6. The minimum Gasteiger partial charge on any atom is -0.352 e. The molecule has 0 atom stereocenters. The molecule has 0 radical (unpaired) electrons. The maximum atomic E-state index is 12.7. The van der Waals surface area contributed by atoms with E-state index >= 15 is 0 Å². The molecule has 1 aliphatic heterocycles. The average molecular weight is 456 g/mol. The van der Waals surface area contributed by atoms with E-state index in [1.807, 2.05) is 6.92 Å². The van der Waals surface area contributed by atoms with Crippen LogP contribution < -0.4 is 5.32 Å². The summed E-state index contributed by atoms with van der Waals surface area (Å²) in [6.07, 6.45) is 3.58. The summed E-state index contributed by atoms with van der Waals surface area (Å²) in [5, 5.41) is 11.3. The highest BCUT2D eigenvalue weighted by Crippen LogP contribution is 2.25. The van der Waals surface area contributed by atoms with Crippen molar-refractivity contribution in [1.82, 2.24) is 25.0 Å². The van der Waals surface area contributed by atoms with Crippen molar-refractivity contribution in [3.05, 3.63) is 88.9 Å². The Morgan fingerprint density at radius 2 is 1.79 bits per heavy atom. The van der Waals surface area contributed by atoms with Gasteiger partial charge in [-0.05, 0) is 68.4 Å². The molecule has 2 N–H and O–H groups in total. The van der Waals surface area contributed by atoms with Crippen molar-refractivity contribution in [2.24, 2.45) is 5.92 Å². The van der Waals surface area contributed by atoms with Gasteiger partial charge in [-0.2, -0.15) is 5.10 Å². The minimum atomic E-state index is 0.0845. The molecule has 0 aliphatic carbocycles. The molecule has 5 rings (SSSR count). The first kappa shape index (κ1) is 22.4. The number of likely N-dealkylation sites (tertiary alicyclic amines) is 1. The maximum Gasteiger partial charge on any atom is 0.223 e. The molecule has 3 heterocycles. The van der Waals surface area contributed by atoms with Crippen LogP contribution in [0.1, 0.15) is 40.9 Å². The number of hydrogen-bond donors (Lipinski definition) is 2. The van der Waals surface area contributed by atoms with Gasteiger partial charge in [-0.25, -0.2) is 0 Å². The second-order valence-electron chi connectivity index (χ2n) is 9.50. The quantitative estimate of drug-likeness (QED) is 0.429. The highest BCUT2D eigenvalue weighted by Gasteiger charge is 2.25. The van der Waals surface area contributed by atoms with Gasteiger partial charge in [0, 0.05) is 48.0 Å².